The van der Waals surface area contributed by atoms with Gasteiger partial charge in [0.1, 0.15) is 6.61 Å². The van der Waals surface area contributed by atoms with Crippen molar-refractivity contribution < 1.29 is 9.47 Å². The van der Waals surface area contributed by atoms with Gasteiger partial charge in [-0.1, -0.05) is 41.4 Å². The van der Waals surface area contributed by atoms with Gasteiger partial charge in [0.2, 0.25) is 0 Å². The minimum atomic E-state index is 0. The zero-order valence-corrected chi connectivity index (χ0v) is 18.4. The van der Waals surface area contributed by atoms with E-state index in [4.69, 9.17) is 32.7 Å². The average molecular weight is 454 g/mol. The van der Waals surface area contributed by atoms with Crippen molar-refractivity contribution >= 4 is 35.6 Å². The lowest BCUT2D eigenvalue weighted by atomic mass is 10.2. The number of nitrogens with zero attached hydrogens (tertiary/aromatic N) is 1. The summed E-state index contributed by atoms with van der Waals surface area (Å²) in [6.45, 7) is 4.23. The third-order valence-electron chi connectivity index (χ3n) is 4.05. The van der Waals surface area contributed by atoms with Gasteiger partial charge in [-0.2, -0.15) is 0 Å². The smallest absolute Gasteiger partial charge is 0.180 e. The highest BCUT2D eigenvalue weighted by Gasteiger charge is 2.13. The Balaban J connectivity index is 0.00000300. The second-order valence-corrected chi connectivity index (χ2v) is 7.06. The molecule has 0 saturated heterocycles. The van der Waals surface area contributed by atoms with Crippen molar-refractivity contribution in [2.24, 2.45) is 0 Å². The zero-order chi connectivity index (χ0) is 19.8. The maximum atomic E-state index is 6.49. The summed E-state index contributed by atoms with van der Waals surface area (Å²) in [6, 6.07) is 15.3. The first-order chi connectivity index (χ1) is 13.7. The first kappa shape index (κ1) is 23.3. The van der Waals surface area contributed by atoms with Crippen molar-refractivity contribution in [3.63, 3.8) is 0 Å². The molecule has 0 amide bonds. The van der Waals surface area contributed by atoms with E-state index in [0.29, 0.717) is 41.3 Å². The van der Waals surface area contributed by atoms with Crippen LogP contribution >= 0.6 is 35.6 Å². The standard InChI is InChI=1S/C22H22Cl2N2O2.ClH/c1-2-27-21-11-18(14-26-13-17-4-3-9-25-12-17)10-20(24)22(21)28-15-16-5-7-19(23)8-6-16;/h3-12,26H,2,13-15H2,1H3;1H. The molecule has 0 bridgehead atoms. The van der Waals surface area contributed by atoms with Gasteiger partial charge < -0.3 is 14.8 Å². The lowest BCUT2D eigenvalue weighted by Gasteiger charge is -2.16. The van der Waals surface area contributed by atoms with Crippen molar-refractivity contribution in [3.05, 3.63) is 87.7 Å². The van der Waals surface area contributed by atoms with E-state index in [1.165, 1.54) is 0 Å². The van der Waals surface area contributed by atoms with Crippen molar-refractivity contribution in [2.45, 2.75) is 26.6 Å². The van der Waals surface area contributed by atoms with E-state index in [1.54, 1.807) is 6.20 Å². The van der Waals surface area contributed by atoms with E-state index in [2.05, 4.69) is 10.3 Å². The van der Waals surface area contributed by atoms with Gasteiger partial charge in [0.25, 0.3) is 0 Å². The maximum absolute atomic E-state index is 6.49. The Labute approximate surface area is 187 Å². The van der Waals surface area contributed by atoms with Gasteiger partial charge in [-0.15, -0.1) is 12.4 Å². The molecule has 0 unspecified atom stereocenters. The molecule has 7 heteroatoms. The Morgan fingerprint density at radius 2 is 1.69 bits per heavy atom. The van der Waals surface area contributed by atoms with Crippen LogP contribution in [0.1, 0.15) is 23.6 Å². The lowest BCUT2D eigenvalue weighted by molar-refractivity contribution is 0.269. The Bertz CT molecular complexity index is 891. The largest absolute Gasteiger partial charge is 0.490 e. The SMILES string of the molecule is CCOc1cc(CNCc2cccnc2)cc(Cl)c1OCc1ccc(Cl)cc1.Cl. The molecule has 0 spiro atoms. The normalized spacial score (nSPS) is 10.3. The highest BCUT2D eigenvalue weighted by molar-refractivity contribution is 6.32. The first-order valence-corrected chi connectivity index (χ1v) is 9.83. The molecule has 4 nitrogen and oxygen atoms in total. The van der Waals surface area contributed by atoms with Crippen molar-refractivity contribution in [2.75, 3.05) is 6.61 Å². The highest BCUT2D eigenvalue weighted by Crippen LogP contribution is 2.37. The van der Waals surface area contributed by atoms with Gasteiger partial charge in [0.15, 0.2) is 11.5 Å². The molecule has 0 fully saturated rings. The fourth-order valence-electron chi connectivity index (χ4n) is 2.72. The van der Waals surface area contributed by atoms with Gasteiger partial charge in [-0.05, 0) is 53.9 Å². The summed E-state index contributed by atoms with van der Waals surface area (Å²) < 4.78 is 11.7. The lowest BCUT2D eigenvalue weighted by Crippen LogP contribution is -2.13. The number of aromatic nitrogens is 1. The third kappa shape index (κ3) is 7.09. The number of nitrogens with one attached hydrogen (secondary N) is 1. The molecule has 1 aromatic heterocycles. The molecule has 29 heavy (non-hydrogen) atoms. The van der Waals surface area contributed by atoms with Gasteiger partial charge in [0.05, 0.1) is 11.6 Å². The molecule has 1 N–H and O–H groups in total. The van der Waals surface area contributed by atoms with Crippen LogP contribution in [0.2, 0.25) is 10.0 Å². The Kier molecular flexibility index (Phi) is 9.55. The van der Waals surface area contributed by atoms with E-state index < -0.39 is 0 Å². The molecule has 0 aliphatic carbocycles. The van der Waals surface area contributed by atoms with E-state index >= 15 is 0 Å². The molecule has 0 radical (unpaired) electrons. The third-order valence-corrected chi connectivity index (χ3v) is 4.58. The van der Waals surface area contributed by atoms with Crippen molar-refractivity contribution in [3.8, 4) is 11.5 Å². The predicted molar refractivity (Wildman–Crippen MR) is 120 cm³/mol. The fraction of sp³-hybridized carbons (Fsp3) is 0.227. The second kappa shape index (κ2) is 11.9. The number of hydrogen-bond acceptors (Lipinski definition) is 4. The summed E-state index contributed by atoms with van der Waals surface area (Å²) in [5.74, 6) is 1.19. The van der Waals surface area contributed by atoms with Crippen LogP contribution in [0.4, 0.5) is 0 Å². The van der Waals surface area contributed by atoms with Gasteiger partial charge in [-0.25, -0.2) is 0 Å². The summed E-state index contributed by atoms with van der Waals surface area (Å²) in [6.07, 6.45) is 3.61. The van der Waals surface area contributed by atoms with Crippen LogP contribution in [0, 0.1) is 0 Å². The molecule has 0 saturated carbocycles. The Morgan fingerprint density at radius 1 is 0.931 bits per heavy atom. The zero-order valence-electron chi connectivity index (χ0n) is 16.0. The molecular weight excluding hydrogens is 431 g/mol. The number of rotatable bonds is 9. The number of hydrogen-bond donors (Lipinski definition) is 1. The summed E-state index contributed by atoms with van der Waals surface area (Å²) in [7, 11) is 0. The average Bonchev–Trinajstić information content (AvgIpc) is 2.70. The molecule has 3 aromatic rings. The van der Waals surface area contributed by atoms with E-state index in [-0.39, 0.29) is 12.4 Å². The second-order valence-electron chi connectivity index (χ2n) is 6.22. The maximum Gasteiger partial charge on any atom is 0.180 e. The topological polar surface area (TPSA) is 43.4 Å². The Hall–Kier alpha value is -1.98. The van der Waals surface area contributed by atoms with Gasteiger partial charge >= 0.3 is 0 Å². The Morgan fingerprint density at radius 3 is 2.38 bits per heavy atom. The number of ether oxygens (including phenoxy) is 2. The molecule has 0 aliphatic heterocycles. The molecule has 1 heterocycles. The summed E-state index contributed by atoms with van der Waals surface area (Å²) in [5, 5.41) is 4.61. The summed E-state index contributed by atoms with van der Waals surface area (Å²) in [5.41, 5.74) is 3.16. The number of benzene rings is 2. The molecule has 2 aromatic carbocycles. The van der Waals surface area contributed by atoms with E-state index in [9.17, 15) is 0 Å². The fourth-order valence-corrected chi connectivity index (χ4v) is 3.13. The number of pyridine rings is 1. The van der Waals surface area contributed by atoms with Crippen LogP contribution in [0.3, 0.4) is 0 Å². The molecule has 0 aliphatic rings. The minimum absolute atomic E-state index is 0. The molecule has 154 valence electrons. The summed E-state index contributed by atoms with van der Waals surface area (Å²) in [4.78, 5) is 4.12. The monoisotopic (exact) mass is 452 g/mol. The predicted octanol–water partition coefficient (Wildman–Crippen LogP) is 6.08. The van der Waals surface area contributed by atoms with Crippen molar-refractivity contribution in [1.29, 1.82) is 0 Å². The molecular formula is C22H23Cl3N2O2. The molecule has 3 rings (SSSR count). The first-order valence-electron chi connectivity index (χ1n) is 9.07. The van der Waals surface area contributed by atoms with Gasteiger partial charge in [0, 0.05) is 30.5 Å². The quantitative estimate of drug-likeness (QED) is 0.426. The van der Waals surface area contributed by atoms with Crippen LogP contribution in [-0.4, -0.2) is 11.6 Å². The van der Waals surface area contributed by atoms with Gasteiger partial charge in [-0.3, -0.25) is 4.98 Å². The molecule has 0 atom stereocenters. The highest BCUT2D eigenvalue weighted by atomic mass is 35.5. The number of halogens is 3. The van der Waals surface area contributed by atoms with Crippen LogP contribution in [0.15, 0.2) is 60.9 Å². The van der Waals surface area contributed by atoms with E-state index in [0.717, 1.165) is 23.2 Å². The summed E-state index contributed by atoms with van der Waals surface area (Å²) >= 11 is 12.4. The van der Waals surface area contributed by atoms with Crippen LogP contribution in [-0.2, 0) is 19.7 Å². The minimum Gasteiger partial charge on any atom is -0.490 e. The van der Waals surface area contributed by atoms with Crippen LogP contribution < -0.4 is 14.8 Å². The van der Waals surface area contributed by atoms with Crippen LogP contribution in [0.25, 0.3) is 0 Å². The van der Waals surface area contributed by atoms with E-state index in [1.807, 2.05) is 61.7 Å². The van der Waals surface area contributed by atoms with Crippen LogP contribution in [0.5, 0.6) is 11.5 Å². The van der Waals surface area contributed by atoms with Crippen molar-refractivity contribution in [1.82, 2.24) is 10.3 Å².